The number of carboxylic acids is 1. The summed E-state index contributed by atoms with van der Waals surface area (Å²) in [5.74, 6) is -2.14. The molecular weight excluding hydrogens is 358 g/mol. The number of aliphatic carboxylic acids is 1. The zero-order valence-corrected chi connectivity index (χ0v) is 16.1. The molecule has 2 fully saturated rings. The van der Waals surface area contributed by atoms with E-state index >= 15 is 0 Å². The molecule has 8 nitrogen and oxygen atoms in total. The highest BCUT2D eigenvalue weighted by Gasteiger charge is 2.60. The van der Waals surface area contributed by atoms with E-state index in [4.69, 9.17) is 0 Å². The van der Waals surface area contributed by atoms with Gasteiger partial charge in [0.25, 0.3) is 0 Å². The smallest absolute Gasteiger partial charge is 0.353 e. The number of carboxylic acid groups (broad SMARTS) is 1. The van der Waals surface area contributed by atoms with Crippen LogP contribution in [0.4, 0.5) is 0 Å². The molecule has 2 amide bonds. The predicted molar refractivity (Wildman–Crippen MR) is 96.1 cm³/mol. The monoisotopic (exact) mass is 383 g/mol. The van der Waals surface area contributed by atoms with Crippen molar-refractivity contribution in [1.82, 2.24) is 15.1 Å². The quantitative estimate of drug-likeness (QED) is 0.559. The number of hydrogen-bond donors (Lipinski definition) is 3. The fourth-order valence-corrected chi connectivity index (χ4v) is 5.63. The molecule has 26 heavy (non-hydrogen) atoms. The maximum atomic E-state index is 12.3. The molecule has 0 aromatic heterocycles. The first kappa shape index (κ1) is 19.2. The van der Waals surface area contributed by atoms with Gasteiger partial charge in [-0.2, -0.15) is 0 Å². The molecule has 2 saturated heterocycles. The van der Waals surface area contributed by atoms with Crippen molar-refractivity contribution in [2.45, 2.75) is 43.7 Å². The lowest BCUT2D eigenvalue weighted by atomic mass is 9.79. The van der Waals surface area contributed by atoms with Crippen LogP contribution in [0.2, 0.25) is 0 Å². The molecule has 0 spiro atoms. The molecule has 0 saturated carbocycles. The normalized spacial score (nSPS) is 34.6. The van der Waals surface area contributed by atoms with Gasteiger partial charge in [0.15, 0.2) is 0 Å². The molecule has 3 heterocycles. The van der Waals surface area contributed by atoms with Gasteiger partial charge in [-0.25, -0.2) is 4.79 Å². The van der Waals surface area contributed by atoms with Crippen LogP contribution in [0.3, 0.4) is 0 Å². The number of nitrogens with one attached hydrogen (secondary N) is 1. The third kappa shape index (κ3) is 2.91. The van der Waals surface area contributed by atoms with E-state index in [0.29, 0.717) is 17.9 Å². The van der Waals surface area contributed by atoms with Gasteiger partial charge in [0.2, 0.25) is 11.8 Å². The number of fused-ring (bicyclic) bond motifs is 1. The Morgan fingerprint density at radius 2 is 2.04 bits per heavy atom. The van der Waals surface area contributed by atoms with Crippen molar-refractivity contribution in [1.29, 1.82) is 0 Å². The number of nitrogens with zero attached hydrogens (tertiary/aromatic N) is 2. The number of amides is 2. The molecule has 3 unspecified atom stereocenters. The van der Waals surface area contributed by atoms with E-state index in [9.17, 15) is 24.6 Å². The number of β-lactam (4-membered cyclic amide) rings is 1. The van der Waals surface area contributed by atoms with Crippen LogP contribution >= 0.6 is 11.8 Å². The Labute approximate surface area is 156 Å². The molecule has 0 aliphatic carbocycles. The Kier molecular flexibility index (Phi) is 5.06. The van der Waals surface area contributed by atoms with Gasteiger partial charge in [0.05, 0.1) is 24.1 Å². The van der Waals surface area contributed by atoms with Crippen molar-refractivity contribution in [3.05, 3.63) is 10.6 Å². The predicted octanol–water partition coefficient (Wildman–Crippen LogP) is -0.308. The maximum Gasteiger partial charge on any atom is 0.353 e. The Morgan fingerprint density at radius 3 is 2.58 bits per heavy atom. The van der Waals surface area contributed by atoms with Crippen molar-refractivity contribution >= 4 is 29.5 Å². The highest BCUT2D eigenvalue weighted by molar-refractivity contribution is 8.03. The Hall–Kier alpha value is -1.58. The standard InChI is InChI=1S/C17H25N3O5S/c1-7-12-11(8(2)21)16(23)20(12)13(17(24)25)14(7)26-9-5-10(18-6-9)15(22)19(3)4/h7-12,18,21H,5-6H2,1-4H3,(H,24,25)/t7-,8-,9+,10?,11?,12?/m1/s1. The first-order valence-electron chi connectivity index (χ1n) is 8.75. The lowest BCUT2D eigenvalue weighted by Gasteiger charge is -2.46. The van der Waals surface area contributed by atoms with E-state index in [1.807, 2.05) is 6.92 Å². The second kappa shape index (κ2) is 6.86. The second-order valence-electron chi connectivity index (χ2n) is 7.44. The molecule has 144 valence electrons. The number of thioether (sulfide) groups is 1. The SMILES string of the molecule is C[C@@H](O)C1C(=O)N2C(C(=O)O)=C(S[C@@H]3CNC(C(=O)N(C)C)C3)[C@H](C)C12. The summed E-state index contributed by atoms with van der Waals surface area (Å²) < 4.78 is 0. The van der Waals surface area contributed by atoms with Crippen LogP contribution in [-0.2, 0) is 14.4 Å². The van der Waals surface area contributed by atoms with Crippen molar-refractivity contribution in [3.8, 4) is 0 Å². The Morgan fingerprint density at radius 1 is 1.38 bits per heavy atom. The summed E-state index contributed by atoms with van der Waals surface area (Å²) in [5, 5.41) is 22.8. The number of aliphatic hydroxyl groups excluding tert-OH is 1. The third-order valence-electron chi connectivity index (χ3n) is 5.43. The minimum Gasteiger partial charge on any atom is -0.477 e. The molecular formula is C17H25N3O5S. The number of carbonyl (C=O) groups excluding carboxylic acids is 2. The third-order valence-corrected chi connectivity index (χ3v) is 6.95. The minimum atomic E-state index is -1.12. The largest absolute Gasteiger partial charge is 0.477 e. The van der Waals surface area contributed by atoms with E-state index in [1.165, 1.54) is 16.7 Å². The van der Waals surface area contributed by atoms with Crippen LogP contribution in [-0.4, -0.2) is 81.9 Å². The van der Waals surface area contributed by atoms with E-state index in [2.05, 4.69) is 5.32 Å². The molecule has 6 atom stereocenters. The van der Waals surface area contributed by atoms with Crippen LogP contribution in [0, 0.1) is 11.8 Å². The molecule has 0 aromatic carbocycles. The number of hydrogen-bond acceptors (Lipinski definition) is 6. The van der Waals surface area contributed by atoms with Gasteiger partial charge in [-0.05, 0) is 13.3 Å². The lowest BCUT2D eigenvalue weighted by molar-refractivity contribution is -0.163. The van der Waals surface area contributed by atoms with E-state index in [-0.39, 0.29) is 40.8 Å². The number of carbonyl (C=O) groups is 3. The molecule has 9 heteroatoms. The second-order valence-corrected chi connectivity index (χ2v) is 8.78. The average Bonchev–Trinajstić information content (AvgIpc) is 3.09. The minimum absolute atomic E-state index is 0.00757. The zero-order chi connectivity index (χ0) is 19.3. The topological polar surface area (TPSA) is 110 Å². The summed E-state index contributed by atoms with van der Waals surface area (Å²) in [4.78, 5) is 39.8. The summed E-state index contributed by atoms with van der Waals surface area (Å²) in [6.07, 6.45) is -0.190. The molecule has 3 aliphatic heterocycles. The van der Waals surface area contributed by atoms with Crippen molar-refractivity contribution < 1.29 is 24.6 Å². The summed E-state index contributed by atoms with van der Waals surface area (Å²) in [6.45, 7) is 4.08. The van der Waals surface area contributed by atoms with E-state index < -0.39 is 18.0 Å². The molecule has 3 rings (SSSR count). The molecule has 0 aromatic rings. The van der Waals surface area contributed by atoms with Crippen molar-refractivity contribution in [2.75, 3.05) is 20.6 Å². The zero-order valence-electron chi connectivity index (χ0n) is 15.3. The molecule has 3 aliphatic rings. The summed E-state index contributed by atoms with van der Waals surface area (Å²) in [7, 11) is 3.42. The van der Waals surface area contributed by atoms with Crippen LogP contribution in [0.25, 0.3) is 0 Å². The van der Waals surface area contributed by atoms with Gasteiger partial charge >= 0.3 is 5.97 Å². The summed E-state index contributed by atoms with van der Waals surface area (Å²) in [6, 6.07) is -0.568. The number of aliphatic hydroxyl groups is 1. The van der Waals surface area contributed by atoms with Crippen LogP contribution in [0.5, 0.6) is 0 Å². The lowest BCUT2D eigenvalue weighted by Crippen LogP contribution is -2.63. The van der Waals surface area contributed by atoms with Gasteiger partial charge in [-0.3, -0.25) is 9.59 Å². The van der Waals surface area contributed by atoms with Gasteiger partial charge in [-0.15, -0.1) is 11.8 Å². The first-order valence-corrected chi connectivity index (χ1v) is 9.62. The van der Waals surface area contributed by atoms with Crippen LogP contribution < -0.4 is 5.32 Å². The summed E-state index contributed by atoms with van der Waals surface area (Å²) in [5.41, 5.74) is 0.0387. The Bertz CT molecular complexity index is 677. The van der Waals surface area contributed by atoms with Gasteiger partial charge in [-0.1, -0.05) is 6.92 Å². The van der Waals surface area contributed by atoms with E-state index in [1.54, 1.807) is 25.9 Å². The number of rotatable bonds is 5. The molecule has 0 radical (unpaired) electrons. The van der Waals surface area contributed by atoms with E-state index in [0.717, 1.165) is 0 Å². The van der Waals surface area contributed by atoms with Crippen LogP contribution in [0.1, 0.15) is 20.3 Å². The van der Waals surface area contributed by atoms with Gasteiger partial charge in [0, 0.05) is 36.7 Å². The fraction of sp³-hybridized carbons (Fsp3) is 0.706. The van der Waals surface area contributed by atoms with Crippen LogP contribution in [0.15, 0.2) is 10.6 Å². The average molecular weight is 383 g/mol. The molecule has 0 bridgehead atoms. The Balaban J connectivity index is 1.78. The summed E-state index contributed by atoms with van der Waals surface area (Å²) >= 11 is 1.45. The first-order chi connectivity index (χ1) is 12.1. The fourth-order valence-electron chi connectivity index (χ4n) is 4.15. The van der Waals surface area contributed by atoms with Gasteiger partial charge in [0.1, 0.15) is 5.70 Å². The molecule has 3 N–H and O–H groups in total. The van der Waals surface area contributed by atoms with Crippen molar-refractivity contribution in [3.63, 3.8) is 0 Å². The number of likely N-dealkylation sites (N-methyl/N-ethyl adjacent to an activating group) is 1. The van der Waals surface area contributed by atoms with Gasteiger partial charge < -0.3 is 25.3 Å². The highest BCUT2D eigenvalue weighted by Crippen LogP contribution is 2.51. The highest BCUT2D eigenvalue weighted by atomic mass is 32.2. The van der Waals surface area contributed by atoms with Crippen molar-refractivity contribution in [2.24, 2.45) is 11.8 Å². The maximum absolute atomic E-state index is 12.3.